The summed E-state index contributed by atoms with van der Waals surface area (Å²) < 4.78 is 5.86. The van der Waals surface area contributed by atoms with E-state index in [0.717, 1.165) is 109 Å². The van der Waals surface area contributed by atoms with Crippen molar-refractivity contribution < 1.29 is 19.4 Å². The number of nitrogens with zero attached hydrogens (tertiary/aromatic N) is 2. The van der Waals surface area contributed by atoms with Crippen LogP contribution in [0.3, 0.4) is 0 Å². The fourth-order valence-corrected chi connectivity index (χ4v) is 11.1. The number of hydrogen-bond donors (Lipinski definition) is 1. The first-order valence-electron chi connectivity index (χ1n) is 28.8. The van der Waals surface area contributed by atoms with Gasteiger partial charge in [0.1, 0.15) is 11.9 Å². The SMILES string of the molecule is CCCCCCCCC(CC)OC(=O)CCCCCC(CO)CN(CCCCCCCC(=O)C1CCC1C(CCCCCCCC)CCCCCCCC)CCCN1C(C)=CCC1C. The molecular formula is C58H110N2O4. The third-order valence-corrected chi connectivity index (χ3v) is 15.6. The normalized spacial score (nSPS) is 18.5. The highest BCUT2D eigenvalue weighted by atomic mass is 16.5. The van der Waals surface area contributed by atoms with Crippen LogP contribution in [-0.4, -0.2) is 71.6 Å². The summed E-state index contributed by atoms with van der Waals surface area (Å²) in [5.74, 6) is 2.65. The van der Waals surface area contributed by atoms with Crippen LogP contribution in [0.4, 0.5) is 0 Å². The fraction of sp³-hybridized carbons (Fsp3) is 0.931. The first kappa shape index (κ1) is 58.7. The Hall–Kier alpha value is -1.40. The molecule has 0 spiro atoms. The number of ketones is 1. The Morgan fingerprint density at radius 2 is 1.17 bits per heavy atom. The molecule has 0 aromatic heterocycles. The number of carbonyl (C=O) groups is 2. The summed E-state index contributed by atoms with van der Waals surface area (Å²) in [6.45, 7) is 18.0. The number of esters is 1. The molecule has 1 fully saturated rings. The third kappa shape index (κ3) is 27.4. The summed E-state index contributed by atoms with van der Waals surface area (Å²) >= 11 is 0. The molecule has 2 aliphatic rings. The van der Waals surface area contributed by atoms with Crippen molar-refractivity contribution in [2.24, 2.45) is 23.7 Å². The average molecular weight is 900 g/mol. The second-order valence-corrected chi connectivity index (χ2v) is 21.2. The molecule has 1 heterocycles. The van der Waals surface area contributed by atoms with E-state index in [9.17, 15) is 14.7 Å². The quantitative estimate of drug-likeness (QED) is 0.0485. The van der Waals surface area contributed by atoms with Gasteiger partial charge in [-0.1, -0.05) is 188 Å². The molecular weight excluding hydrogens is 789 g/mol. The highest BCUT2D eigenvalue weighted by molar-refractivity contribution is 5.82. The lowest BCUT2D eigenvalue weighted by Crippen LogP contribution is -2.38. The minimum absolute atomic E-state index is 0.0278. The van der Waals surface area contributed by atoms with Gasteiger partial charge in [0.2, 0.25) is 0 Å². The third-order valence-electron chi connectivity index (χ3n) is 15.6. The fourth-order valence-electron chi connectivity index (χ4n) is 11.1. The zero-order valence-electron chi connectivity index (χ0n) is 43.8. The van der Waals surface area contributed by atoms with E-state index in [4.69, 9.17) is 4.74 Å². The highest BCUT2D eigenvalue weighted by Crippen LogP contribution is 2.45. The molecule has 5 atom stereocenters. The summed E-state index contributed by atoms with van der Waals surface area (Å²) in [5, 5.41) is 10.5. The van der Waals surface area contributed by atoms with Crippen LogP contribution in [-0.2, 0) is 14.3 Å². The molecule has 376 valence electrons. The molecule has 0 saturated heterocycles. The van der Waals surface area contributed by atoms with Gasteiger partial charge < -0.3 is 19.6 Å². The van der Waals surface area contributed by atoms with E-state index >= 15 is 0 Å². The zero-order chi connectivity index (χ0) is 46.5. The summed E-state index contributed by atoms with van der Waals surface area (Å²) in [5.41, 5.74) is 1.42. The van der Waals surface area contributed by atoms with Crippen molar-refractivity contribution >= 4 is 11.8 Å². The zero-order valence-corrected chi connectivity index (χ0v) is 43.8. The van der Waals surface area contributed by atoms with Gasteiger partial charge in [0.25, 0.3) is 0 Å². The molecule has 1 saturated carbocycles. The van der Waals surface area contributed by atoms with Gasteiger partial charge in [-0.05, 0) is 115 Å². The van der Waals surface area contributed by atoms with Gasteiger partial charge in [-0.3, -0.25) is 9.59 Å². The van der Waals surface area contributed by atoms with Crippen molar-refractivity contribution in [3.63, 3.8) is 0 Å². The van der Waals surface area contributed by atoms with Gasteiger partial charge >= 0.3 is 5.97 Å². The van der Waals surface area contributed by atoms with Crippen LogP contribution in [0.2, 0.25) is 0 Å². The number of allylic oxidation sites excluding steroid dienone is 1. The molecule has 1 N–H and O–H groups in total. The summed E-state index contributed by atoms with van der Waals surface area (Å²) in [7, 11) is 0. The Kier molecular flexibility index (Phi) is 36.3. The molecule has 2 rings (SSSR count). The molecule has 6 heteroatoms. The second-order valence-electron chi connectivity index (χ2n) is 21.2. The lowest BCUT2D eigenvalue weighted by Gasteiger charge is -2.41. The van der Waals surface area contributed by atoms with Crippen LogP contribution in [0.15, 0.2) is 11.8 Å². The lowest BCUT2D eigenvalue weighted by atomic mass is 9.62. The average Bonchev–Trinajstić information content (AvgIpc) is 3.60. The van der Waals surface area contributed by atoms with Crippen molar-refractivity contribution in [3.05, 3.63) is 11.8 Å². The van der Waals surface area contributed by atoms with Crippen LogP contribution in [0.25, 0.3) is 0 Å². The van der Waals surface area contributed by atoms with Gasteiger partial charge in [0, 0.05) is 50.2 Å². The van der Waals surface area contributed by atoms with Crippen molar-refractivity contribution in [2.75, 3.05) is 32.8 Å². The molecule has 0 amide bonds. The molecule has 5 unspecified atom stereocenters. The number of ether oxygens (including phenoxy) is 1. The predicted molar refractivity (Wildman–Crippen MR) is 276 cm³/mol. The summed E-state index contributed by atoms with van der Waals surface area (Å²) in [6.07, 6.45) is 47.0. The van der Waals surface area contributed by atoms with Crippen molar-refractivity contribution in [1.82, 2.24) is 9.80 Å². The Bertz CT molecular complexity index is 1130. The number of unbranched alkanes of at least 4 members (excludes halogenated alkanes) is 21. The molecule has 0 aromatic rings. The van der Waals surface area contributed by atoms with Crippen LogP contribution < -0.4 is 0 Å². The minimum atomic E-state index is -0.0278. The number of Topliss-reactive ketones (excluding diaryl/α,β-unsaturated/α-hetero) is 1. The van der Waals surface area contributed by atoms with Crippen LogP contribution in [0, 0.1) is 23.7 Å². The molecule has 1 aliphatic carbocycles. The molecule has 6 nitrogen and oxygen atoms in total. The first-order chi connectivity index (χ1) is 31.3. The Morgan fingerprint density at radius 1 is 0.656 bits per heavy atom. The van der Waals surface area contributed by atoms with Gasteiger partial charge in [-0.2, -0.15) is 0 Å². The van der Waals surface area contributed by atoms with Crippen molar-refractivity contribution in [1.29, 1.82) is 0 Å². The maximum Gasteiger partial charge on any atom is 0.306 e. The number of carbonyl (C=O) groups excluding carboxylic acids is 2. The van der Waals surface area contributed by atoms with E-state index in [2.05, 4.69) is 57.4 Å². The van der Waals surface area contributed by atoms with Gasteiger partial charge in [0.15, 0.2) is 0 Å². The van der Waals surface area contributed by atoms with E-state index in [1.54, 1.807) is 0 Å². The predicted octanol–water partition coefficient (Wildman–Crippen LogP) is 16.4. The van der Waals surface area contributed by atoms with Crippen molar-refractivity contribution in [2.45, 2.75) is 291 Å². The maximum atomic E-state index is 13.6. The van der Waals surface area contributed by atoms with Crippen LogP contribution in [0.1, 0.15) is 279 Å². The van der Waals surface area contributed by atoms with Crippen LogP contribution >= 0.6 is 0 Å². The summed E-state index contributed by atoms with van der Waals surface area (Å²) in [6, 6.07) is 0.600. The summed E-state index contributed by atoms with van der Waals surface area (Å²) in [4.78, 5) is 31.4. The first-order valence-corrected chi connectivity index (χ1v) is 28.8. The number of aliphatic hydroxyl groups is 1. The number of aliphatic hydroxyl groups excluding tert-OH is 1. The molecule has 1 aliphatic heterocycles. The van der Waals surface area contributed by atoms with Gasteiger partial charge in [-0.15, -0.1) is 0 Å². The lowest BCUT2D eigenvalue weighted by molar-refractivity contribution is -0.149. The number of rotatable bonds is 46. The molecule has 0 radical (unpaired) electrons. The Labute approximate surface area is 399 Å². The van der Waals surface area contributed by atoms with E-state index in [1.165, 1.54) is 160 Å². The number of hydrogen-bond acceptors (Lipinski definition) is 6. The molecule has 0 bridgehead atoms. The van der Waals surface area contributed by atoms with Crippen LogP contribution in [0.5, 0.6) is 0 Å². The van der Waals surface area contributed by atoms with E-state index in [0.29, 0.717) is 30.1 Å². The highest BCUT2D eigenvalue weighted by Gasteiger charge is 2.40. The van der Waals surface area contributed by atoms with E-state index < -0.39 is 0 Å². The smallest absolute Gasteiger partial charge is 0.306 e. The minimum Gasteiger partial charge on any atom is -0.462 e. The maximum absolute atomic E-state index is 13.6. The van der Waals surface area contributed by atoms with Gasteiger partial charge in [0.05, 0.1) is 0 Å². The molecule has 64 heavy (non-hydrogen) atoms. The Balaban J connectivity index is 1.74. The van der Waals surface area contributed by atoms with E-state index in [-0.39, 0.29) is 24.6 Å². The monoisotopic (exact) mass is 899 g/mol. The van der Waals surface area contributed by atoms with Crippen molar-refractivity contribution in [3.8, 4) is 0 Å². The second kappa shape index (κ2) is 39.6. The van der Waals surface area contributed by atoms with E-state index in [1.807, 2.05) is 0 Å². The Morgan fingerprint density at radius 3 is 1.72 bits per heavy atom. The topological polar surface area (TPSA) is 70.1 Å². The van der Waals surface area contributed by atoms with Gasteiger partial charge in [-0.25, -0.2) is 0 Å². The molecule has 0 aromatic carbocycles. The standard InChI is InChI=1S/C58H110N2O4/c1-7-11-14-17-21-28-36-53(37-29-22-18-15-12-8-2)55-43-44-56(55)57(62)39-31-24-20-25-33-45-59(46-34-47-60-50(5)41-42-51(60)6)48-52(49-61)35-27-26-32-40-58(63)64-54(10-4)38-30-23-19-16-13-9-3/h41,51-56,61H,7-40,42-49H2,1-6H3. The largest absolute Gasteiger partial charge is 0.462 e.